The molecule has 0 amide bonds. The molecule has 0 radical (unpaired) electrons. The lowest BCUT2D eigenvalue weighted by atomic mass is 9.98. The zero-order chi connectivity index (χ0) is 85.5. The molecule has 0 atom stereocenters. The Kier molecular flexibility index (Phi) is 164. The summed E-state index contributed by atoms with van der Waals surface area (Å²) in [6, 6.07) is 93.7. The molecule has 0 heterocycles. The van der Waals surface area contributed by atoms with E-state index in [1.54, 1.807) is 0 Å². The van der Waals surface area contributed by atoms with Crippen molar-refractivity contribution in [2.75, 3.05) is 0 Å². The van der Waals surface area contributed by atoms with Gasteiger partial charge in [-0.25, -0.2) is 0 Å². The first-order valence-corrected chi connectivity index (χ1v) is 41.9. The monoisotopic (exact) mass is 1440 g/mol. The standard InChI is InChI=1S/C14H16.2C10H8.2C8H10.C7H8.2C6H6.18C2H6/c1-9-5-13-7-11(3)12(4)8-14(13)6-10(9)2;2*1-2-6-10-8-4-3-7-9(10)5-1;1-7-3-5-8(2)6-4-7;1-7-4-3-5-8(2)6-7;1-7-5-3-2-4-6-7;2*1-2-4-6-5-3-1;18*1-2/h5-8H,1-4H3;2*1-8H;2*3-6H,1-2H3;2-6H,1H3;2*1-6H;18*1-2H3. The van der Waals surface area contributed by atoms with E-state index in [0.717, 1.165) is 0 Å². The summed E-state index contributed by atoms with van der Waals surface area (Å²) in [5.41, 5.74) is 12.2. The van der Waals surface area contributed by atoms with Gasteiger partial charge in [-0.1, -0.05) is 550 Å². The van der Waals surface area contributed by atoms with E-state index in [4.69, 9.17) is 0 Å². The summed E-state index contributed by atoms with van der Waals surface area (Å²) in [5.74, 6) is 0. The molecule has 0 aromatic heterocycles. The Labute approximate surface area is 662 Å². The van der Waals surface area contributed by atoms with Gasteiger partial charge in [0.2, 0.25) is 0 Å². The van der Waals surface area contributed by atoms with Crippen molar-refractivity contribution in [3.05, 3.63) is 323 Å². The number of aryl methyl sites for hydroxylation is 9. The SMILES string of the molecule is CC.CC.CC.CC.CC.CC.CC.CC.CC.CC.CC.CC.CC.CC.CC.CC.CC.CC.Cc1cc2cc(C)c(C)cc2cc1C.Cc1ccc(C)cc1.Cc1cccc(C)c1.Cc1ccccc1.c1ccc2ccccc2c1.c1ccc2ccccc2c1.c1ccccc1.c1ccccc1. The van der Waals surface area contributed by atoms with Crippen LogP contribution in [0.15, 0.2) is 273 Å². The molecule has 11 aromatic rings. The van der Waals surface area contributed by atoms with E-state index < -0.39 is 0 Å². The molecule has 0 saturated heterocycles. The second-order valence-corrected chi connectivity index (χ2v) is 17.2. The van der Waals surface area contributed by atoms with Crippen LogP contribution >= 0.6 is 0 Å². The Bertz CT molecular complexity index is 2640. The maximum atomic E-state index is 2.27. The highest BCUT2D eigenvalue weighted by Gasteiger charge is 2.00. The predicted octanol–water partition coefficient (Wildman–Crippen LogP) is 38.2. The van der Waals surface area contributed by atoms with Gasteiger partial charge in [-0.3, -0.25) is 0 Å². The topological polar surface area (TPSA) is 0 Å². The van der Waals surface area contributed by atoms with E-state index in [1.165, 1.54) is 82.4 Å². The molecule has 0 aliphatic heterocycles. The van der Waals surface area contributed by atoms with Gasteiger partial charge < -0.3 is 0 Å². The third-order valence-electron chi connectivity index (χ3n) is 11.0. The first-order valence-electron chi connectivity index (χ1n) is 41.9. The van der Waals surface area contributed by atoms with Crippen molar-refractivity contribution < 1.29 is 0 Å². The van der Waals surface area contributed by atoms with Crippen LogP contribution in [0.2, 0.25) is 0 Å². The third-order valence-corrected chi connectivity index (χ3v) is 11.0. The Balaban J connectivity index is -0.0000000643. The van der Waals surface area contributed by atoms with Crippen LogP contribution in [0.3, 0.4) is 0 Å². The highest BCUT2D eigenvalue weighted by Crippen LogP contribution is 2.23. The van der Waals surface area contributed by atoms with Crippen molar-refractivity contribution >= 4 is 32.3 Å². The van der Waals surface area contributed by atoms with Crippen LogP contribution < -0.4 is 0 Å². The third kappa shape index (κ3) is 92.2. The molecule has 0 heteroatoms. The van der Waals surface area contributed by atoms with Gasteiger partial charge >= 0.3 is 0 Å². The smallest absolute Gasteiger partial charge is 0.0178 e. The van der Waals surface area contributed by atoms with Crippen LogP contribution in [0.5, 0.6) is 0 Å². The zero-order valence-corrected chi connectivity index (χ0v) is 78.5. The van der Waals surface area contributed by atoms with E-state index in [9.17, 15) is 0 Å². The van der Waals surface area contributed by atoms with Gasteiger partial charge in [0, 0.05) is 0 Å². The first-order chi connectivity index (χ1) is 51.5. The van der Waals surface area contributed by atoms with E-state index >= 15 is 0 Å². The lowest BCUT2D eigenvalue weighted by Crippen LogP contribution is -1.85. The summed E-state index contributed by atoms with van der Waals surface area (Å²) in [6.45, 7) is 91.2. The van der Waals surface area contributed by atoms with Gasteiger partial charge in [0.15, 0.2) is 0 Å². The van der Waals surface area contributed by atoms with E-state index in [2.05, 4.69) is 244 Å². The molecule has 105 heavy (non-hydrogen) atoms. The fraction of sp³-hybridized carbons (Fsp3) is 0.429. The van der Waals surface area contributed by atoms with Crippen molar-refractivity contribution in [1.82, 2.24) is 0 Å². The molecule has 0 unspecified atom stereocenters. The Morgan fingerprint density at radius 3 is 0.352 bits per heavy atom. The number of benzene rings is 11. The fourth-order valence-electron chi connectivity index (χ4n) is 6.82. The van der Waals surface area contributed by atoms with E-state index in [0.29, 0.717) is 0 Å². The average molecular weight is 1440 g/mol. The van der Waals surface area contributed by atoms with E-state index in [-0.39, 0.29) is 0 Å². The number of fused-ring (bicyclic) bond motifs is 3. The summed E-state index contributed by atoms with van der Waals surface area (Å²) in [5, 5.41) is 7.96. The predicted molar refractivity (Wildman–Crippen MR) is 511 cm³/mol. The Morgan fingerprint density at radius 1 is 0.105 bits per heavy atom. The Morgan fingerprint density at radius 2 is 0.229 bits per heavy atom. The highest BCUT2D eigenvalue weighted by atomic mass is 14.1. The molecule has 600 valence electrons. The van der Waals surface area contributed by atoms with Crippen molar-refractivity contribution in [1.29, 1.82) is 0 Å². The number of rotatable bonds is 0. The van der Waals surface area contributed by atoms with Gasteiger partial charge in [-0.05, 0) is 117 Å². The molecule has 0 aliphatic rings. The molecule has 11 aromatic carbocycles. The molecule has 0 bridgehead atoms. The summed E-state index contributed by atoms with van der Waals surface area (Å²) in [6.07, 6.45) is 0. The molecule has 0 saturated carbocycles. The Hall–Kier alpha value is -7.80. The minimum absolute atomic E-state index is 1.31. The largest absolute Gasteiger partial charge is 0.0683 e. The van der Waals surface area contributed by atoms with Crippen LogP contribution in [-0.2, 0) is 0 Å². The zero-order valence-electron chi connectivity index (χ0n) is 78.5. The first kappa shape index (κ1) is 133. The summed E-state index contributed by atoms with van der Waals surface area (Å²) < 4.78 is 0. The lowest BCUT2D eigenvalue weighted by molar-refractivity contribution is 1.34. The average Bonchev–Trinajstić information content (AvgIpc) is 0.815. The van der Waals surface area contributed by atoms with Crippen molar-refractivity contribution in [3.63, 3.8) is 0 Å². The van der Waals surface area contributed by atoms with Gasteiger partial charge in [-0.15, -0.1) is 0 Å². The minimum Gasteiger partial charge on any atom is -0.0683 e. The van der Waals surface area contributed by atoms with Crippen molar-refractivity contribution in [2.45, 2.75) is 312 Å². The molecule has 0 fully saturated rings. The minimum atomic E-state index is 1.31. The number of hydrogen-bond donors (Lipinski definition) is 0. The van der Waals surface area contributed by atoms with Crippen molar-refractivity contribution in [2.24, 2.45) is 0 Å². The molecule has 11 rings (SSSR count). The molecule has 0 spiro atoms. The molecule has 0 N–H and O–H groups in total. The quantitative estimate of drug-likeness (QED) is 0.142. The molecular formula is C105H180. The maximum absolute atomic E-state index is 2.27. The highest BCUT2D eigenvalue weighted by molar-refractivity contribution is 5.86. The van der Waals surface area contributed by atoms with Gasteiger partial charge in [0.25, 0.3) is 0 Å². The molecule has 0 aliphatic carbocycles. The van der Waals surface area contributed by atoms with Crippen molar-refractivity contribution in [3.8, 4) is 0 Å². The lowest BCUT2D eigenvalue weighted by Gasteiger charge is -2.07. The maximum Gasteiger partial charge on any atom is -0.0178 e. The normalized spacial score (nSPS) is 7.29. The van der Waals surface area contributed by atoms with Crippen LogP contribution in [-0.4, -0.2) is 0 Å². The van der Waals surface area contributed by atoms with Gasteiger partial charge in [-0.2, -0.15) is 0 Å². The van der Waals surface area contributed by atoms with Gasteiger partial charge in [0.1, 0.15) is 0 Å². The molecule has 0 nitrogen and oxygen atoms in total. The van der Waals surface area contributed by atoms with E-state index in [1.807, 2.05) is 340 Å². The summed E-state index contributed by atoms with van der Waals surface area (Å²) >= 11 is 0. The fourth-order valence-corrected chi connectivity index (χ4v) is 6.82. The van der Waals surface area contributed by atoms with Crippen LogP contribution in [0, 0.1) is 62.3 Å². The summed E-state index contributed by atoms with van der Waals surface area (Å²) in [4.78, 5) is 0. The summed E-state index contributed by atoms with van der Waals surface area (Å²) in [7, 11) is 0. The van der Waals surface area contributed by atoms with Gasteiger partial charge in [0.05, 0.1) is 0 Å². The van der Waals surface area contributed by atoms with Crippen LogP contribution in [0.4, 0.5) is 0 Å². The van der Waals surface area contributed by atoms with Crippen LogP contribution in [0.25, 0.3) is 32.3 Å². The molecular weight excluding hydrogens is 1260 g/mol. The van der Waals surface area contributed by atoms with Crippen LogP contribution in [0.1, 0.15) is 299 Å². The second kappa shape index (κ2) is 129. The second-order valence-electron chi connectivity index (χ2n) is 17.2. The number of hydrogen-bond acceptors (Lipinski definition) is 0.